The number of alkyl halides is 6. The highest BCUT2D eigenvalue weighted by molar-refractivity contribution is 4.99. The van der Waals surface area contributed by atoms with Crippen LogP contribution in [-0.2, 0) is 4.74 Å². The molecule has 0 N–H and O–H groups in total. The van der Waals surface area contributed by atoms with Gasteiger partial charge in [-0.1, -0.05) is 0 Å². The Balaban J connectivity index is 2.05. The Morgan fingerprint density at radius 3 is 2.12 bits per heavy atom. The summed E-state index contributed by atoms with van der Waals surface area (Å²) in [5, 5.41) is 0. The molecule has 1 saturated heterocycles. The van der Waals surface area contributed by atoms with Gasteiger partial charge in [-0.15, -0.1) is 0 Å². The van der Waals surface area contributed by atoms with Crippen molar-refractivity contribution in [3.05, 3.63) is 0 Å². The van der Waals surface area contributed by atoms with Crippen LogP contribution in [0, 0.1) is 5.92 Å². The molecule has 1 saturated carbocycles. The summed E-state index contributed by atoms with van der Waals surface area (Å²) in [4.78, 5) is 0. The zero-order valence-electron chi connectivity index (χ0n) is 8.11. The fraction of sp³-hybridized carbons (Fsp3) is 1.00. The van der Waals surface area contributed by atoms with Crippen LogP contribution in [0.1, 0.15) is 19.3 Å². The average molecular weight is 248 g/mol. The molecule has 4 atom stereocenters. The van der Waals surface area contributed by atoms with Gasteiger partial charge in [0.1, 0.15) is 0 Å². The lowest BCUT2D eigenvalue weighted by Crippen LogP contribution is -2.47. The van der Waals surface area contributed by atoms with E-state index in [2.05, 4.69) is 0 Å². The van der Waals surface area contributed by atoms with Gasteiger partial charge < -0.3 is 4.74 Å². The van der Waals surface area contributed by atoms with Crippen molar-refractivity contribution >= 4 is 0 Å². The minimum atomic E-state index is -5.51. The number of fused-ring (bicyclic) bond motifs is 1. The summed E-state index contributed by atoms with van der Waals surface area (Å²) in [6.45, 7) is 0. The van der Waals surface area contributed by atoms with Crippen molar-refractivity contribution in [1.29, 1.82) is 0 Å². The summed E-state index contributed by atoms with van der Waals surface area (Å²) >= 11 is 0. The quantitative estimate of drug-likeness (QED) is 0.540. The molecule has 1 nitrogen and oxygen atoms in total. The van der Waals surface area contributed by atoms with Crippen LogP contribution in [0.3, 0.4) is 0 Å². The average Bonchev–Trinajstić information content (AvgIpc) is 2.92. The molecule has 2 aliphatic rings. The molecule has 94 valence electrons. The van der Waals surface area contributed by atoms with Gasteiger partial charge in [-0.25, -0.2) is 13.2 Å². The van der Waals surface area contributed by atoms with Gasteiger partial charge in [-0.05, 0) is 19.3 Å². The Kier molecular flexibility index (Phi) is 2.64. The van der Waals surface area contributed by atoms with Gasteiger partial charge in [0.25, 0.3) is 12.1 Å². The number of hydrogen-bond donors (Lipinski definition) is 0. The first-order valence-electron chi connectivity index (χ1n) is 4.97. The van der Waals surface area contributed by atoms with Crippen LogP contribution in [0.5, 0.6) is 0 Å². The molecule has 0 aromatic heterocycles. The van der Waals surface area contributed by atoms with E-state index in [0.717, 1.165) is 0 Å². The monoisotopic (exact) mass is 248 g/mol. The second-order valence-electron chi connectivity index (χ2n) is 4.30. The maximum absolute atomic E-state index is 13.2. The van der Waals surface area contributed by atoms with Gasteiger partial charge in [-0.3, -0.25) is 0 Å². The molecule has 0 amide bonds. The van der Waals surface area contributed by atoms with Crippen LogP contribution in [0.2, 0.25) is 0 Å². The Labute approximate surface area is 87.8 Å². The summed E-state index contributed by atoms with van der Waals surface area (Å²) in [7, 11) is 0. The standard InChI is InChI=1S/C9H10F6O/c10-7(9(13,14)15)8(11,12)4-1-2-5-6(3-4)16-5/h4-7H,1-3H2. The lowest BCUT2D eigenvalue weighted by Gasteiger charge is -2.31. The van der Waals surface area contributed by atoms with Crippen LogP contribution < -0.4 is 0 Å². The third-order valence-corrected chi connectivity index (χ3v) is 3.17. The molecule has 2 rings (SSSR count). The van der Waals surface area contributed by atoms with Crippen molar-refractivity contribution < 1.29 is 31.1 Å². The second-order valence-corrected chi connectivity index (χ2v) is 4.30. The number of halogens is 6. The van der Waals surface area contributed by atoms with Gasteiger partial charge in [0.05, 0.1) is 12.2 Å². The molecule has 1 heterocycles. The third-order valence-electron chi connectivity index (χ3n) is 3.17. The maximum atomic E-state index is 13.2. The molecule has 0 radical (unpaired) electrons. The summed E-state index contributed by atoms with van der Waals surface area (Å²) < 4.78 is 79.9. The van der Waals surface area contributed by atoms with E-state index in [9.17, 15) is 26.3 Å². The van der Waals surface area contributed by atoms with E-state index in [0.29, 0.717) is 0 Å². The number of ether oxygens (including phenoxy) is 1. The second kappa shape index (κ2) is 3.51. The summed E-state index contributed by atoms with van der Waals surface area (Å²) in [5.41, 5.74) is 0. The highest BCUT2D eigenvalue weighted by atomic mass is 19.4. The normalized spacial score (nSPS) is 36.8. The fourth-order valence-corrected chi connectivity index (χ4v) is 2.18. The topological polar surface area (TPSA) is 12.5 Å². The van der Waals surface area contributed by atoms with Crippen LogP contribution >= 0.6 is 0 Å². The van der Waals surface area contributed by atoms with Gasteiger partial charge >= 0.3 is 6.18 Å². The van der Waals surface area contributed by atoms with Crippen LogP contribution in [-0.4, -0.2) is 30.5 Å². The largest absolute Gasteiger partial charge is 0.425 e. The van der Waals surface area contributed by atoms with Gasteiger partial charge in [0.2, 0.25) is 0 Å². The zero-order valence-corrected chi connectivity index (χ0v) is 8.11. The first kappa shape index (κ1) is 12.0. The highest BCUT2D eigenvalue weighted by Gasteiger charge is 2.62. The molecule has 16 heavy (non-hydrogen) atoms. The molecule has 1 aliphatic carbocycles. The van der Waals surface area contributed by atoms with E-state index in [-0.39, 0.29) is 25.4 Å². The summed E-state index contributed by atoms with van der Waals surface area (Å²) in [5.74, 6) is -5.93. The molecule has 0 aromatic rings. The van der Waals surface area contributed by atoms with E-state index >= 15 is 0 Å². The zero-order chi connectivity index (χ0) is 12.1. The number of epoxide rings is 1. The molecule has 7 heteroatoms. The third kappa shape index (κ3) is 2.01. The molecule has 2 fully saturated rings. The van der Waals surface area contributed by atoms with E-state index < -0.39 is 30.3 Å². The Morgan fingerprint density at radius 2 is 1.62 bits per heavy atom. The minimum Gasteiger partial charge on any atom is -0.370 e. The SMILES string of the molecule is FC(C(F)(F)F)C(F)(F)C1CCC2OC2C1. The van der Waals surface area contributed by atoms with E-state index in [1.807, 2.05) is 0 Å². The van der Waals surface area contributed by atoms with E-state index in [1.165, 1.54) is 0 Å². The van der Waals surface area contributed by atoms with Crippen molar-refractivity contribution in [3.8, 4) is 0 Å². The van der Waals surface area contributed by atoms with Crippen molar-refractivity contribution in [3.63, 3.8) is 0 Å². The first-order chi connectivity index (χ1) is 7.23. The van der Waals surface area contributed by atoms with Crippen LogP contribution in [0.15, 0.2) is 0 Å². The fourth-order valence-electron chi connectivity index (χ4n) is 2.18. The lowest BCUT2D eigenvalue weighted by atomic mass is 9.83. The number of rotatable bonds is 2. The predicted octanol–water partition coefficient (Wildman–Crippen LogP) is 3.09. The molecule has 0 spiro atoms. The molecule has 0 aromatic carbocycles. The summed E-state index contributed by atoms with van der Waals surface area (Å²) in [6, 6.07) is 0. The number of hydrogen-bond acceptors (Lipinski definition) is 1. The smallest absolute Gasteiger partial charge is 0.370 e. The Bertz CT molecular complexity index is 276. The van der Waals surface area contributed by atoms with Crippen molar-refractivity contribution in [2.75, 3.05) is 0 Å². The van der Waals surface area contributed by atoms with Crippen LogP contribution in [0.4, 0.5) is 26.3 Å². The van der Waals surface area contributed by atoms with Crippen molar-refractivity contribution in [1.82, 2.24) is 0 Å². The molecule has 1 aliphatic heterocycles. The highest BCUT2D eigenvalue weighted by Crippen LogP contribution is 2.49. The lowest BCUT2D eigenvalue weighted by molar-refractivity contribution is -0.260. The van der Waals surface area contributed by atoms with Gasteiger partial charge in [-0.2, -0.15) is 13.2 Å². The molecular weight excluding hydrogens is 238 g/mol. The first-order valence-corrected chi connectivity index (χ1v) is 4.97. The molecule has 0 bridgehead atoms. The summed E-state index contributed by atoms with van der Waals surface area (Å²) in [6.07, 6.45) is -10.1. The van der Waals surface area contributed by atoms with Gasteiger partial charge in [0, 0.05) is 5.92 Å². The van der Waals surface area contributed by atoms with Crippen molar-refractivity contribution in [2.45, 2.75) is 49.7 Å². The Morgan fingerprint density at radius 1 is 1.00 bits per heavy atom. The van der Waals surface area contributed by atoms with Crippen molar-refractivity contribution in [2.24, 2.45) is 5.92 Å². The minimum absolute atomic E-state index is 0.101. The predicted molar refractivity (Wildman–Crippen MR) is 41.9 cm³/mol. The molecular formula is C9H10F6O. The van der Waals surface area contributed by atoms with Gasteiger partial charge in [0.15, 0.2) is 0 Å². The Hall–Kier alpha value is -0.460. The van der Waals surface area contributed by atoms with E-state index in [4.69, 9.17) is 4.74 Å². The van der Waals surface area contributed by atoms with E-state index in [1.54, 1.807) is 0 Å². The maximum Gasteiger partial charge on any atom is 0.425 e. The molecule has 4 unspecified atom stereocenters. The van der Waals surface area contributed by atoms with Crippen LogP contribution in [0.25, 0.3) is 0 Å².